The van der Waals surface area contributed by atoms with Crippen molar-refractivity contribution >= 4 is 29.6 Å². The van der Waals surface area contributed by atoms with E-state index < -0.39 is 66.3 Å². The van der Waals surface area contributed by atoms with Gasteiger partial charge < -0.3 is 42.7 Å². The lowest BCUT2D eigenvalue weighted by Crippen LogP contribution is -2.60. The van der Waals surface area contributed by atoms with Crippen molar-refractivity contribution in [1.82, 2.24) is 16.0 Å². The maximum absolute atomic E-state index is 12.9. The molecule has 39 heavy (non-hydrogen) atoms. The largest absolute Gasteiger partial charge is 0.508 e. The molecule has 0 aliphatic heterocycles. The molecule has 0 fully saturated rings. The van der Waals surface area contributed by atoms with Gasteiger partial charge in [-0.05, 0) is 36.6 Å². The number of rotatable bonds is 14. The fraction of sp³-hybridized carbons (Fsp3) is 0.346. The summed E-state index contributed by atoms with van der Waals surface area (Å²) >= 11 is 0. The molecule has 5 atom stereocenters. The number of nitrogens with one attached hydrogen (secondary N) is 3. The molecular formula is C26H33N5O8. The van der Waals surface area contributed by atoms with Gasteiger partial charge in [0.25, 0.3) is 0 Å². The van der Waals surface area contributed by atoms with E-state index in [9.17, 15) is 39.3 Å². The third kappa shape index (κ3) is 10.1. The van der Waals surface area contributed by atoms with Crippen LogP contribution >= 0.6 is 0 Å². The summed E-state index contributed by atoms with van der Waals surface area (Å²) in [6.07, 6.45) is -2.11. The van der Waals surface area contributed by atoms with Gasteiger partial charge in [0, 0.05) is 6.42 Å². The maximum Gasteiger partial charge on any atom is 0.326 e. The van der Waals surface area contributed by atoms with Gasteiger partial charge in [0.2, 0.25) is 23.6 Å². The second-order valence-electron chi connectivity index (χ2n) is 9.02. The van der Waals surface area contributed by atoms with E-state index >= 15 is 0 Å². The van der Waals surface area contributed by atoms with Gasteiger partial charge in [-0.2, -0.15) is 0 Å². The summed E-state index contributed by atoms with van der Waals surface area (Å²) in [4.78, 5) is 61.8. The summed E-state index contributed by atoms with van der Waals surface area (Å²) < 4.78 is 0. The lowest BCUT2D eigenvalue weighted by molar-refractivity contribution is -0.142. The van der Waals surface area contributed by atoms with Crippen molar-refractivity contribution in [3.8, 4) is 5.75 Å². The zero-order valence-corrected chi connectivity index (χ0v) is 21.2. The first-order chi connectivity index (χ1) is 18.4. The van der Waals surface area contributed by atoms with Crippen LogP contribution in [0.4, 0.5) is 0 Å². The van der Waals surface area contributed by atoms with E-state index in [2.05, 4.69) is 16.0 Å². The molecule has 5 unspecified atom stereocenters. The number of nitrogens with two attached hydrogens (primary N) is 2. The number of phenolic OH excluding ortho intramolecular Hbond substituents is 1. The zero-order valence-electron chi connectivity index (χ0n) is 21.2. The Bertz CT molecular complexity index is 1160. The molecule has 0 aliphatic carbocycles. The smallest absolute Gasteiger partial charge is 0.326 e. The Kier molecular flexibility index (Phi) is 11.4. The van der Waals surface area contributed by atoms with Gasteiger partial charge in [-0.1, -0.05) is 42.5 Å². The Morgan fingerprint density at radius 3 is 1.90 bits per heavy atom. The van der Waals surface area contributed by atoms with Crippen molar-refractivity contribution < 1.29 is 39.3 Å². The summed E-state index contributed by atoms with van der Waals surface area (Å²) in [5.74, 6) is -5.07. The molecule has 0 aromatic heterocycles. The standard InChI is InChI=1S/C26H33N5O8/c1-14(32)22(31-23(35)18(27)11-16-7-9-17(33)10-8-16)25(37)29-19(13-21(28)34)24(36)30-20(26(38)39)12-15-5-3-2-4-6-15/h2-10,14,18-20,22,32-33H,11-13,27H2,1H3,(H2,28,34)(H,29,37)(H,30,36)(H,31,35)(H,38,39). The van der Waals surface area contributed by atoms with Crippen molar-refractivity contribution in [2.24, 2.45) is 11.5 Å². The van der Waals surface area contributed by atoms with Crippen LogP contribution in [0.3, 0.4) is 0 Å². The molecule has 13 nitrogen and oxygen atoms in total. The van der Waals surface area contributed by atoms with Gasteiger partial charge in [-0.25, -0.2) is 4.79 Å². The quantitative estimate of drug-likeness (QED) is 0.135. The minimum atomic E-state index is -1.59. The van der Waals surface area contributed by atoms with Crippen molar-refractivity contribution in [1.29, 1.82) is 0 Å². The summed E-state index contributed by atoms with van der Waals surface area (Å²) in [6, 6.07) is 8.82. The first-order valence-corrected chi connectivity index (χ1v) is 12.0. The van der Waals surface area contributed by atoms with E-state index in [0.29, 0.717) is 11.1 Å². The number of phenols is 1. The summed E-state index contributed by atoms with van der Waals surface area (Å²) in [5.41, 5.74) is 12.4. The number of carbonyl (C=O) groups is 5. The third-order valence-corrected chi connectivity index (χ3v) is 5.73. The van der Waals surface area contributed by atoms with E-state index in [-0.39, 0.29) is 18.6 Å². The molecule has 0 spiro atoms. The number of aliphatic hydroxyl groups is 1. The van der Waals surface area contributed by atoms with Crippen LogP contribution in [0.25, 0.3) is 0 Å². The van der Waals surface area contributed by atoms with Crippen molar-refractivity contribution in [2.75, 3.05) is 0 Å². The monoisotopic (exact) mass is 543 g/mol. The lowest BCUT2D eigenvalue weighted by Gasteiger charge is -2.26. The van der Waals surface area contributed by atoms with Crippen molar-refractivity contribution in [3.63, 3.8) is 0 Å². The molecule has 0 heterocycles. The Labute approximate surface area is 224 Å². The number of primary amides is 1. The zero-order chi connectivity index (χ0) is 29.1. The van der Waals surface area contributed by atoms with Gasteiger partial charge in [0.1, 0.15) is 23.9 Å². The number of carboxylic acids is 1. The average molecular weight is 544 g/mol. The minimum Gasteiger partial charge on any atom is -0.508 e. The first kappa shape index (κ1) is 30.7. The molecule has 2 aromatic rings. The number of carbonyl (C=O) groups excluding carboxylic acids is 4. The molecule has 0 saturated heterocycles. The molecule has 0 saturated carbocycles. The number of hydrogen-bond acceptors (Lipinski definition) is 8. The van der Waals surface area contributed by atoms with Crippen LogP contribution in [-0.2, 0) is 36.8 Å². The number of aromatic hydroxyl groups is 1. The van der Waals surface area contributed by atoms with Gasteiger partial charge in [0.15, 0.2) is 0 Å². The lowest BCUT2D eigenvalue weighted by atomic mass is 10.0. The Balaban J connectivity index is 2.10. The topological polar surface area (TPSA) is 234 Å². The molecule has 210 valence electrons. The molecule has 4 amide bonds. The predicted molar refractivity (Wildman–Crippen MR) is 139 cm³/mol. The molecule has 0 radical (unpaired) electrons. The average Bonchev–Trinajstić information content (AvgIpc) is 2.87. The second kappa shape index (κ2) is 14.4. The summed E-state index contributed by atoms with van der Waals surface area (Å²) in [5, 5.41) is 35.9. The van der Waals surface area contributed by atoms with Crippen LogP contribution in [-0.4, -0.2) is 75.2 Å². The van der Waals surface area contributed by atoms with Gasteiger partial charge in [0.05, 0.1) is 18.6 Å². The highest BCUT2D eigenvalue weighted by atomic mass is 16.4. The van der Waals surface area contributed by atoms with Crippen molar-refractivity contribution in [3.05, 3.63) is 65.7 Å². The third-order valence-electron chi connectivity index (χ3n) is 5.73. The van der Waals surface area contributed by atoms with Crippen molar-refractivity contribution in [2.45, 2.75) is 56.5 Å². The van der Waals surface area contributed by atoms with Crippen LogP contribution in [0.1, 0.15) is 24.5 Å². The van der Waals surface area contributed by atoms with Gasteiger partial charge in [-0.3, -0.25) is 19.2 Å². The van der Waals surface area contributed by atoms with Crippen LogP contribution < -0.4 is 27.4 Å². The summed E-state index contributed by atoms with van der Waals surface area (Å²) in [7, 11) is 0. The number of aliphatic carboxylic acids is 1. The van der Waals surface area contributed by atoms with Crippen LogP contribution in [0.5, 0.6) is 5.75 Å². The Morgan fingerprint density at radius 2 is 1.36 bits per heavy atom. The fourth-order valence-corrected chi connectivity index (χ4v) is 3.64. The highest BCUT2D eigenvalue weighted by Crippen LogP contribution is 2.11. The van der Waals surface area contributed by atoms with E-state index in [1.165, 1.54) is 19.1 Å². The van der Waals surface area contributed by atoms with E-state index in [1.54, 1.807) is 42.5 Å². The summed E-state index contributed by atoms with van der Waals surface area (Å²) in [6.45, 7) is 1.22. The molecule has 2 aromatic carbocycles. The molecule has 13 heteroatoms. The highest BCUT2D eigenvalue weighted by molar-refractivity contribution is 5.96. The normalized spacial score (nSPS) is 14.6. The van der Waals surface area contributed by atoms with Crippen LogP contribution in [0.15, 0.2) is 54.6 Å². The molecule has 0 bridgehead atoms. The number of carboxylic acid groups (broad SMARTS) is 1. The van der Waals surface area contributed by atoms with Gasteiger partial charge in [-0.15, -0.1) is 0 Å². The van der Waals surface area contributed by atoms with E-state index in [4.69, 9.17) is 11.5 Å². The van der Waals surface area contributed by atoms with E-state index in [0.717, 1.165) is 0 Å². The highest BCUT2D eigenvalue weighted by Gasteiger charge is 2.33. The molecule has 0 aliphatic rings. The SMILES string of the molecule is CC(O)C(NC(=O)C(N)Cc1ccc(O)cc1)C(=O)NC(CC(N)=O)C(=O)NC(Cc1ccccc1)C(=O)O. The molecular weight excluding hydrogens is 510 g/mol. The van der Waals surface area contributed by atoms with Crippen LogP contribution in [0.2, 0.25) is 0 Å². The number of aliphatic hydroxyl groups excluding tert-OH is 1. The molecule has 10 N–H and O–H groups in total. The number of benzene rings is 2. The predicted octanol–water partition coefficient (Wildman–Crippen LogP) is -1.70. The number of amides is 4. The van der Waals surface area contributed by atoms with Gasteiger partial charge >= 0.3 is 5.97 Å². The van der Waals surface area contributed by atoms with E-state index in [1.807, 2.05) is 0 Å². The molecule has 2 rings (SSSR count). The Hall–Kier alpha value is -4.49. The Morgan fingerprint density at radius 1 is 0.795 bits per heavy atom. The fourth-order valence-electron chi connectivity index (χ4n) is 3.64. The minimum absolute atomic E-state index is 0.0342. The maximum atomic E-state index is 12.9. The van der Waals surface area contributed by atoms with Crippen LogP contribution in [0, 0.1) is 0 Å². The number of hydrogen-bond donors (Lipinski definition) is 8. The second-order valence-corrected chi connectivity index (χ2v) is 9.02. The first-order valence-electron chi connectivity index (χ1n) is 12.0.